The number of rotatable bonds is 6. The van der Waals surface area contributed by atoms with Gasteiger partial charge < -0.3 is 28.5 Å². The molecule has 2 heterocycles. The van der Waals surface area contributed by atoms with Crippen molar-refractivity contribution < 1.29 is 52.4 Å². The molecule has 2 saturated carbocycles. The summed E-state index contributed by atoms with van der Waals surface area (Å²) in [6.07, 6.45) is 3.35. The number of hydrogen-bond acceptors (Lipinski definition) is 11. The fourth-order valence-corrected chi connectivity index (χ4v) is 9.06. The first-order valence-electron chi connectivity index (χ1n) is 15.3. The summed E-state index contributed by atoms with van der Waals surface area (Å²) in [6, 6.07) is 1.75. The summed E-state index contributed by atoms with van der Waals surface area (Å²) in [7, 11) is 1.16. The van der Waals surface area contributed by atoms with Crippen molar-refractivity contribution in [3.05, 3.63) is 47.5 Å². The molecule has 11 heteroatoms. The Bertz CT molecular complexity index is 1480. The molecule has 2 bridgehead atoms. The molecule has 1 saturated heterocycles. The Labute approximate surface area is 262 Å². The van der Waals surface area contributed by atoms with Crippen molar-refractivity contribution in [1.29, 1.82) is 0 Å². The van der Waals surface area contributed by atoms with E-state index in [4.69, 9.17) is 23.4 Å². The molecule has 0 spiro atoms. The maximum absolute atomic E-state index is 14.8. The van der Waals surface area contributed by atoms with Gasteiger partial charge in [0.2, 0.25) is 6.10 Å². The standard InChI is InChI=1S/C34H42O11/c1-9-17(2)27(37)45-30-31(4,5)25(24(28(38)41-8)43-18(3)35)33(7)21-10-12-32(6)22(20(21)15-34(30,40)29(33)39)14-23(36)44-26(32)19-11-13-42-16-19/h9,11,13,15-16,21-22,24-26,30,40H,10,12,14H2,1-8H3/t21-,22-,24-,25-,26-,30-,32+,33+,34-/m0/s1. The van der Waals surface area contributed by atoms with E-state index < -0.39 is 87.6 Å². The van der Waals surface area contributed by atoms with Crippen molar-refractivity contribution >= 4 is 29.7 Å². The normalized spacial score (nSPS) is 37.7. The largest absolute Gasteiger partial charge is 0.472 e. The predicted octanol–water partition coefficient (Wildman–Crippen LogP) is 4.19. The van der Waals surface area contributed by atoms with Crippen LogP contribution in [0.4, 0.5) is 0 Å². The first-order valence-corrected chi connectivity index (χ1v) is 15.3. The highest BCUT2D eigenvalue weighted by molar-refractivity contribution is 6.00. The van der Waals surface area contributed by atoms with Gasteiger partial charge in [-0.15, -0.1) is 0 Å². The summed E-state index contributed by atoms with van der Waals surface area (Å²) in [5.74, 6) is -5.63. The Kier molecular flexibility index (Phi) is 7.95. The number of esters is 4. The van der Waals surface area contributed by atoms with Crippen molar-refractivity contribution in [2.75, 3.05) is 7.11 Å². The van der Waals surface area contributed by atoms with Crippen molar-refractivity contribution in [2.24, 2.45) is 34.0 Å². The minimum Gasteiger partial charge on any atom is -0.472 e. The number of methoxy groups -OCH3 is 1. The minimum absolute atomic E-state index is 0.00585. The van der Waals surface area contributed by atoms with Crippen molar-refractivity contribution in [3.8, 4) is 0 Å². The van der Waals surface area contributed by atoms with E-state index in [1.54, 1.807) is 46.8 Å². The molecule has 1 N–H and O–H groups in total. The van der Waals surface area contributed by atoms with Gasteiger partial charge in [-0.2, -0.15) is 0 Å². The second-order valence-corrected chi connectivity index (χ2v) is 14.0. The van der Waals surface area contributed by atoms with Gasteiger partial charge in [-0.25, -0.2) is 9.59 Å². The van der Waals surface area contributed by atoms with Crippen molar-refractivity contribution in [3.63, 3.8) is 0 Å². The van der Waals surface area contributed by atoms with E-state index in [1.165, 1.54) is 18.6 Å². The van der Waals surface area contributed by atoms with Gasteiger partial charge in [0.15, 0.2) is 11.4 Å². The third-order valence-corrected chi connectivity index (χ3v) is 11.1. The number of Topliss-reactive ketones (excluding diaryl/α,β-unsaturated/α-hetero) is 1. The molecule has 5 rings (SSSR count). The van der Waals surface area contributed by atoms with E-state index in [0.717, 1.165) is 14.0 Å². The van der Waals surface area contributed by atoms with Crippen LogP contribution >= 0.6 is 0 Å². The smallest absolute Gasteiger partial charge is 0.347 e. The van der Waals surface area contributed by atoms with Crippen LogP contribution in [0, 0.1) is 34.0 Å². The van der Waals surface area contributed by atoms with Crippen LogP contribution in [-0.2, 0) is 42.9 Å². The molecule has 0 aromatic carbocycles. The van der Waals surface area contributed by atoms with Crippen LogP contribution < -0.4 is 0 Å². The lowest BCUT2D eigenvalue weighted by Gasteiger charge is -2.66. The third-order valence-electron chi connectivity index (χ3n) is 11.1. The quantitative estimate of drug-likeness (QED) is 0.209. The number of aliphatic hydroxyl groups is 1. The number of allylic oxidation sites excluding steroid dienone is 2. The van der Waals surface area contributed by atoms with E-state index >= 15 is 0 Å². The number of carbonyl (C=O) groups is 5. The van der Waals surface area contributed by atoms with Crippen LogP contribution in [0.3, 0.4) is 0 Å². The number of fused-ring (bicyclic) bond motifs is 6. The van der Waals surface area contributed by atoms with Crippen LogP contribution in [0.15, 0.2) is 46.3 Å². The fourth-order valence-electron chi connectivity index (χ4n) is 9.06. The van der Waals surface area contributed by atoms with Gasteiger partial charge in [0.25, 0.3) is 0 Å². The predicted molar refractivity (Wildman–Crippen MR) is 157 cm³/mol. The van der Waals surface area contributed by atoms with Crippen molar-refractivity contribution in [2.45, 2.75) is 91.6 Å². The second-order valence-electron chi connectivity index (χ2n) is 14.0. The van der Waals surface area contributed by atoms with E-state index in [9.17, 15) is 29.1 Å². The zero-order valence-electron chi connectivity index (χ0n) is 27.0. The maximum Gasteiger partial charge on any atom is 0.347 e. The van der Waals surface area contributed by atoms with Crippen LogP contribution in [0.5, 0.6) is 0 Å². The average Bonchev–Trinajstić information content (AvgIpc) is 3.51. The van der Waals surface area contributed by atoms with Gasteiger partial charge in [0.1, 0.15) is 12.2 Å². The number of ether oxygens (including phenoxy) is 4. The lowest BCUT2D eigenvalue weighted by Crippen LogP contribution is -2.76. The zero-order chi connectivity index (χ0) is 33.3. The summed E-state index contributed by atoms with van der Waals surface area (Å²) in [5, 5.41) is 12.6. The van der Waals surface area contributed by atoms with Crippen molar-refractivity contribution in [1.82, 2.24) is 0 Å². The Balaban J connectivity index is 1.76. The summed E-state index contributed by atoms with van der Waals surface area (Å²) in [6.45, 7) is 11.4. The van der Waals surface area contributed by atoms with Crippen LogP contribution in [0.25, 0.3) is 0 Å². The SMILES string of the molecule is CC=C(C)C(=O)O[C@H]1C(C)(C)[C@H]([C@H](OC(C)=O)C(=O)OC)[C@]2(C)C(=O)[C@@]1(O)C=C1[C@@H]3CC(=O)O[C@@H](c4ccoc4)[C@]3(C)CC[C@@H]12. The molecule has 1 aromatic rings. The molecule has 1 aliphatic heterocycles. The summed E-state index contributed by atoms with van der Waals surface area (Å²) >= 11 is 0. The maximum atomic E-state index is 14.8. The number of furan rings is 1. The highest BCUT2D eigenvalue weighted by Gasteiger charge is 2.76. The summed E-state index contributed by atoms with van der Waals surface area (Å²) in [5.41, 5.74) is -4.20. The molecule has 11 nitrogen and oxygen atoms in total. The molecular weight excluding hydrogens is 584 g/mol. The molecular formula is C34H42O11. The molecule has 0 radical (unpaired) electrons. The minimum atomic E-state index is -2.33. The Hall–Kier alpha value is -3.73. The van der Waals surface area contributed by atoms with E-state index in [2.05, 4.69) is 0 Å². The lowest BCUT2D eigenvalue weighted by atomic mass is 9.39. The number of carbonyl (C=O) groups excluding carboxylic acids is 5. The second kappa shape index (κ2) is 11.0. The Morgan fingerprint density at radius 1 is 1.11 bits per heavy atom. The highest BCUT2D eigenvalue weighted by Crippen LogP contribution is 2.69. The third kappa shape index (κ3) is 4.68. The number of cyclic esters (lactones) is 1. The van der Waals surface area contributed by atoms with Crippen LogP contribution in [-0.4, -0.2) is 59.7 Å². The molecule has 4 aliphatic rings. The molecule has 3 fully saturated rings. The van der Waals surface area contributed by atoms with Gasteiger partial charge in [-0.05, 0) is 50.7 Å². The topological polar surface area (TPSA) is 156 Å². The molecule has 0 unspecified atom stereocenters. The monoisotopic (exact) mass is 626 g/mol. The molecule has 244 valence electrons. The van der Waals surface area contributed by atoms with Gasteiger partial charge in [-0.1, -0.05) is 39.3 Å². The molecule has 45 heavy (non-hydrogen) atoms. The van der Waals surface area contributed by atoms with Gasteiger partial charge >= 0.3 is 23.9 Å². The van der Waals surface area contributed by atoms with Crippen LogP contribution in [0.2, 0.25) is 0 Å². The Morgan fingerprint density at radius 2 is 1.80 bits per heavy atom. The summed E-state index contributed by atoms with van der Waals surface area (Å²) < 4.78 is 27.9. The van der Waals surface area contributed by atoms with Gasteiger partial charge in [-0.3, -0.25) is 14.4 Å². The fraction of sp³-hybridized carbons (Fsp3) is 0.618. The number of hydrogen-bond donors (Lipinski definition) is 1. The number of ketones is 1. The van der Waals surface area contributed by atoms with E-state index in [1.807, 2.05) is 6.92 Å². The molecule has 0 amide bonds. The first kappa shape index (κ1) is 32.7. The Morgan fingerprint density at radius 3 is 2.38 bits per heavy atom. The van der Waals surface area contributed by atoms with Gasteiger partial charge in [0, 0.05) is 40.2 Å². The highest BCUT2D eigenvalue weighted by atomic mass is 16.6. The summed E-state index contributed by atoms with van der Waals surface area (Å²) in [4.78, 5) is 67.0. The molecule has 3 aliphatic carbocycles. The molecule has 1 aromatic heterocycles. The zero-order valence-corrected chi connectivity index (χ0v) is 27.0. The average molecular weight is 627 g/mol. The van der Waals surface area contributed by atoms with E-state index in [-0.39, 0.29) is 12.0 Å². The van der Waals surface area contributed by atoms with Crippen LogP contribution in [0.1, 0.15) is 79.4 Å². The van der Waals surface area contributed by atoms with Gasteiger partial charge in [0.05, 0.1) is 26.1 Å². The lowest BCUT2D eigenvalue weighted by molar-refractivity contribution is -0.238. The van der Waals surface area contributed by atoms with E-state index in [0.29, 0.717) is 24.0 Å². The molecule has 9 atom stereocenters. The first-order chi connectivity index (χ1) is 21.0.